The summed E-state index contributed by atoms with van der Waals surface area (Å²) < 4.78 is 5.03. The molecule has 5 heteroatoms. The lowest BCUT2D eigenvalue weighted by molar-refractivity contribution is 0.0955. The van der Waals surface area contributed by atoms with Crippen LogP contribution in [0.4, 0.5) is 0 Å². The van der Waals surface area contributed by atoms with Gasteiger partial charge in [0.25, 0.3) is 5.91 Å². The number of hydrogen-bond acceptors (Lipinski definition) is 4. The maximum atomic E-state index is 11.9. The molecule has 1 amide bonds. The van der Waals surface area contributed by atoms with Crippen LogP contribution in [0.2, 0.25) is 0 Å². The predicted octanol–water partition coefficient (Wildman–Crippen LogP) is 2.56. The van der Waals surface area contributed by atoms with E-state index in [4.69, 9.17) is 10.00 Å². The summed E-state index contributed by atoms with van der Waals surface area (Å²) in [5.74, 6) is 0.561. The lowest BCUT2D eigenvalue weighted by Gasteiger charge is -2.03. The van der Waals surface area contributed by atoms with Gasteiger partial charge in [0, 0.05) is 18.0 Å². The van der Waals surface area contributed by atoms with E-state index in [2.05, 4.69) is 11.4 Å². The average molecular weight is 272 g/mol. The van der Waals surface area contributed by atoms with Crippen molar-refractivity contribution in [2.75, 3.05) is 7.11 Å². The zero-order valence-corrected chi connectivity index (χ0v) is 11.2. The molecule has 0 aliphatic carbocycles. The van der Waals surface area contributed by atoms with Crippen molar-refractivity contribution in [1.29, 1.82) is 5.26 Å². The third kappa shape index (κ3) is 3.33. The van der Waals surface area contributed by atoms with E-state index in [1.807, 2.05) is 12.1 Å². The van der Waals surface area contributed by atoms with E-state index in [9.17, 15) is 4.79 Å². The fourth-order valence-electron chi connectivity index (χ4n) is 1.51. The van der Waals surface area contributed by atoms with Gasteiger partial charge >= 0.3 is 0 Å². The number of carbonyl (C=O) groups excluding carboxylic acids is 1. The highest BCUT2D eigenvalue weighted by Crippen LogP contribution is 2.20. The van der Waals surface area contributed by atoms with Crippen LogP contribution in [0, 0.1) is 11.3 Å². The zero-order valence-electron chi connectivity index (χ0n) is 10.3. The third-order valence-corrected chi connectivity index (χ3v) is 3.48. The largest absolute Gasteiger partial charge is 0.496 e. The van der Waals surface area contributed by atoms with Crippen LogP contribution in [0.25, 0.3) is 0 Å². The smallest absolute Gasteiger partial charge is 0.261 e. The summed E-state index contributed by atoms with van der Waals surface area (Å²) >= 11 is 1.34. The molecule has 1 N–H and O–H groups in total. The number of ether oxygens (including phenoxy) is 1. The first kappa shape index (κ1) is 13.1. The molecule has 1 aromatic carbocycles. The molecule has 0 aliphatic heterocycles. The molecule has 0 bridgehead atoms. The molecule has 96 valence electrons. The Morgan fingerprint density at radius 1 is 1.42 bits per heavy atom. The monoisotopic (exact) mass is 272 g/mol. The van der Waals surface area contributed by atoms with Crippen LogP contribution in [0.1, 0.15) is 20.8 Å². The van der Waals surface area contributed by atoms with Crippen LogP contribution < -0.4 is 10.1 Å². The number of nitrogens with one attached hydrogen (secondary N) is 1. The number of carbonyl (C=O) groups is 1. The summed E-state index contributed by atoms with van der Waals surface area (Å²) in [7, 11) is 1.57. The molecule has 0 saturated carbocycles. The molecule has 0 atom stereocenters. The van der Waals surface area contributed by atoms with Gasteiger partial charge < -0.3 is 10.1 Å². The van der Waals surface area contributed by atoms with E-state index in [-0.39, 0.29) is 5.91 Å². The summed E-state index contributed by atoms with van der Waals surface area (Å²) in [4.78, 5) is 12.5. The molecule has 19 heavy (non-hydrogen) atoms. The second-order valence-corrected chi connectivity index (χ2v) is 4.75. The van der Waals surface area contributed by atoms with E-state index >= 15 is 0 Å². The van der Waals surface area contributed by atoms with Crippen molar-refractivity contribution in [2.45, 2.75) is 6.54 Å². The van der Waals surface area contributed by atoms with Gasteiger partial charge in [-0.1, -0.05) is 12.1 Å². The number of amides is 1. The molecular weight excluding hydrogens is 260 g/mol. The minimum Gasteiger partial charge on any atom is -0.496 e. The van der Waals surface area contributed by atoms with Gasteiger partial charge in [-0.25, -0.2) is 0 Å². The average Bonchev–Trinajstić information content (AvgIpc) is 2.94. The van der Waals surface area contributed by atoms with E-state index in [1.165, 1.54) is 11.3 Å². The third-order valence-electron chi connectivity index (χ3n) is 2.57. The quantitative estimate of drug-likeness (QED) is 0.930. The van der Waals surface area contributed by atoms with Gasteiger partial charge in [0.1, 0.15) is 5.75 Å². The molecule has 4 nitrogen and oxygen atoms in total. The molecule has 1 aromatic heterocycles. The first-order chi connectivity index (χ1) is 9.22. The molecule has 2 aromatic rings. The Labute approximate surface area is 115 Å². The summed E-state index contributed by atoms with van der Waals surface area (Å²) in [5.41, 5.74) is 1.56. The highest BCUT2D eigenvalue weighted by Gasteiger charge is 2.08. The number of thiophene rings is 1. The summed E-state index contributed by atoms with van der Waals surface area (Å²) in [6, 6.07) is 10.9. The Hall–Kier alpha value is -2.32. The minimum absolute atomic E-state index is 0.127. The van der Waals surface area contributed by atoms with Gasteiger partial charge in [0.2, 0.25) is 0 Å². The summed E-state index contributed by atoms with van der Waals surface area (Å²) in [6.45, 7) is 0.435. The second-order valence-electron chi connectivity index (χ2n) is 3.84. The second kappa shape index (κ2) is 6.03. The molecule has 2 rings (SSSR count). The predicted molar refractivity (Wildman–Crippen MR) is 73.2 cm³/mol. The van der Waals surface area contributed by atoms with E-state index in [0.29, 0.717) is 22.7 Å². The topological polar surface area (TPSA) is 62.1 Å². The van der Waals surface area contributed by atoms with Gasteiger partial charge in [-0.05, 0) is 17.7 Å². The number of nitriles is 1. The Balaban J connectivity index is 1.94. The Bertz CT molecular complexity index is 611. The normalized spacial score (nSPS) is 9.68. The molecule has 0 saturated heterocycles. The molecule has 0 aliphatic rings. The van der Waals surface area contributed by atoms with Gasteiger partial charge in [0.05, 0.1) is 23.6 Å². The number of hydrogen-bond donors (Lipinski definition) is 1. The molecule has 0 unspecified atom stereocenters. The van der Waals surface area contributed by atoms with Crippen molar-refractivity contribution in [3.63, 3.8) is 0 Å². The van der Waals surface area contributed by atoms with E-state index in [0.717, 1.165) is 5.56 Å². The van der Waals surface area contributed by atoms with Gasteiger partial charge in [-0.3, -0.25) is 4.79 Å². The van der Waals surface area contributed by atoms with Crippen molar-refractivity contribution in [2.24, 2.45) is 0 Å². The van der Waals surface area contributed by atoms with Gasteiger partial charge in [0.15, 0.2) is 0 Å². The molecule has 0 fully saturated rings. The first-order valence-electron chi connectivity index (χ1n) is 5.62. The highest BCUT2D eigenvalue weighted by atomic mass is 32.1. The number of rotatable bonds is 4. The molecule has 0 spiro atoms. The maximum absolute atomic E-state index is 11.9. The fourth-order valence-corrected chi connectivity index (χ4v) is 2.28. The standard InChI is InChI=1S/C14H12N2O2S/c1-18-12-6-13(19-9-12)14(17)16-8-11-4-2-10(7-15)3-5-11/h2-6,9H,8H2,1H3,(H,16,17). The van der Waals surface area contributed by atoms with Crippen LogP contribution in [0.15, 0.2) is 35.7 Å². The van der Waals surface area contributed by atoms with Crippen LogP contribution >= 0.6 is 11.3 Å². The summed E-state index contributed by atoms with van der Waals surface area (Å²) in [5, 5.41) is 13.3. The molecular formula is C14H12N2O2S. The molecule has 0 radical (unpaired) electrons. The fraction of sp³-hybridized carbons (Fsp3) is 0.143. The lowest BCUT2D eigenvalue weighted by Crippen LogP contribution is -2.21. The minimum atomic E-state index is -0.127. The van der Waals surface area contributed by atoms with Crippen LogP contribution in [-0.4, -0.2) is 13.0 Å². The van der Waals surface area contributed by atoms with Crippen molar-refractivity contribution >= 4 is 17.2 Å². The first-order valence-corrected chi connectivity index (χ1v) is 6.50. The maximum Gasteiger partial charge on any atom is 0.261 e. The van der Waals surface area contributed by atoms with Crippen LogP contribution in [-0.2, 0) is 6.54 Å². The van der Waals surface area contributed by atoms with Gasteiger partial charge in [-0.15, -0.1) is 11.3 Å². The number of methoxy groups -OCH3 is 1. The van der Waals surface area contributed by atoms with Crippen molar-refractivity contribution in [1.82, 2.24) is 5.32 Å². The van der Waals surface area contributed by atoms with Gasteiger partial charge in [-0.2, -0.15) is 5.26 Å². The lowest BCUT2D eigenvalue weighted by atomic mass is 10.1. The van der Waals surface area contributed by atoms with Crippen molar-refractivity contribution in [3.05, 3.63) is 51.7 Å². The SMILES string of the molecule is COc1csc(C(=O)NCc2ccc(C#N)cc2)c1. The zero-order chi connectivity index (χ0) is 13.7. The summed E-state index contributed by atoms with van der Waals surface area (Å²) in [6.07, 6.45) is 0. The van der Waals surface area contributed by atoms with Crippen molar-refractivity contribution in [3.8, 4) is 11.8 Å². The van der Waals surface area contributed by atoms with Crippen LogP contribution in [0.5, 0.6) is 5.75 Å². The Morgan fingerprint density at radius 3 is 2.74 bits per heavy atom. The van der Waals surface area contributed by atoms with E-state index in [1.54, 1.807) is 30.7 Å². The van der Waals surface area contributed by atoms with Crippen molar-refractivity contribution < 1.29 is 9.53 Å². The Kier molecular flexibility index (Phi) is 4.16. The molecule has 1 heterocycles. The number of nitrogens with zero attached hydrogens (tertiary/aromatic N) is 1. The highest BCUT2D eigenvalue weighted by molar-refractivity contribution is 7.12. The number of benzene rings is 1. The van der Waals surface area contributed by atoms with E-state index < -0.39 is 0 Å². The Morgan fingerprint density at radius 2 is 2.16 bits per heavy atom. The van der Waals surface area contributed by atoms with Crippen LogP contribution in [0.3, 0.4) is 0 Å².